The van der Waals surface area contributed by atoms with Crippen molar-refractivity contribution in [3.05, 3.63) is 71.9 Å². The zero-order chi connectivity index (χ0) is 18.6. The number of halogens is 3. The predicted molar refractivity (Wildman–Crippen MR) is 91.0 cm³/mol. The Morgan fingerprint density at radius 2 is 1.85 bits per heavy atom. The molecule has 0 unspecified atom stereocenters. The molecule has 0 aliphatic carbocycles. The Morgan fingerprint density at radius 3 is 2.58 bits per heavy atom. The average Bonchev–Trinajstić information content (AvgIpc) is 2.64. The number of nitrogens with one attached hydrogen (secondary N) is 1. The van der Waals surface area contributed by atoms with Gasteiger partial charge in [-0.1, -0.05) is 6.07 Å². The fraction of sp³-hybridized carbons (Fsp3) is 0.158. The molecule has 134 valence electrons. The molecule has 1 N–H and O–H groups in total. The first-order valence-corrected chi connectivity index (χ1v) is 7.86. The van der Waals surface area contributed by atoms with Crippen molar-refractivity contribution in [1.29, 1.82) is 0 Å². The lowest BCUT2D eigenvalue weighted by molar-refractivity contribution is -0.137. The Bertz CT molecular complexity index is 909. The van der Waals surface area contributed by atoms with Gasteiger partial charge in [0.2, 0.25) is 0 Å². The normalized spacial score (nSPS) is 11.3. The van der Waals surface area contributed by atoms with Crippen molar-refractivity contribution in [3.8, 4) is 5.75 Å². The second-order valence-electron chi connectivity index (χ2n) is 5.54. The molecule has 0 radical (unpaired) electrons. The van der Waals surface area contributed by atoms with Crippen molar-refractivity contribution in [3.63, 3.8) is 0 Å². The molecule has 0 aliphatic heterocycles. The lowest BCUT2D eigenvalue weighted by Gasteiger charge is -2.10. The molecule has 0 spiro atoms. The summed E-state index contributed by atoms with van der Waals surface area (Å²) in [6, 6.07) is 13.3. The number of amides is 1. The van der Waals surface area contributed by atoms with Crippen LogP contribution in [0.1, 0.15) is 15.9 Å². The second-order valence-corrected chi connectivity index (χ2v) is 5.54. The molecule has 1 amide bonds. The Morgan fingerprint density at radius 1 is 1.08 bits per heavy atom. The minimum atomic E-state index is -4.42. The topological polar surface area (TPSA) is 51.2 Å². The fourth-order valence-corrected chi connectivity index (χ4v) is 2.39. The maximum atomic E-state index is 12.5. The van der Waals surface area contributed by atoms with Crippen LogP contribution in [0.2, 0.25) is 0 Å². The van der Waals surface area contributed by atoms with Crippen LogP contribution in [-0.2, 0) is 6.18 Å². The van der Waals surface area contributed by atoms with Gasteiger partial charge in [-0.3, -0.25) is 9.78 Å². The Hall–Kier alpha value is -3.09. The summed E-state index contributed by atoms with van der Waals surface area (Å²) in [7, 11) is 0. The van der Waals surface area contributed by atoms with Crippen LogP contribution in [0.3, 0.4) is 0 Å². The maximum absolute atomic E-state index is 12.5. The van der Waals surface area contributed by atoms with Crippen molar-refractivity contribution in [1.82, 2.24) is 10.3 Å². The summed E-state index contributed by atoms with van der Waals surface area (Å²) in [6.45, 7) is 0.461. The zero-order valence-electron chi connectivity index (χ0n) is 13.6. The monoisotopic (exact) mass is 360 g/mol. The SMILES string of the molecule is O=C(NCCOc1ccc2ncccc2c1)c1ccc(C(F)(F)F)cc1. The molecule has 4 nitrogen and oxygen atoms in total. The van der Waals surface area contributed by atoms with Gasteiger partial charge < -0.3 is 10.1 Å². The van der Waals surface area contributed by atoms with Crippen LogP contribution < -0.4 is 10.1 Å². The van der Waals surface area contributed by atoms with Crippen molar-refractivity contribution >= 4 is 16.8 Å². The third-order valence-electron chi connectivity index (χ3n) is 3.71. The van der Waals surface area contributed by atoms with Crippen LogP contribution in [0.15, 0.2) is 60.8 Å². The lowest BCUT2D eigenvalue weighted by Crippen LogP contribution is -2.28. The molecule has 2 aromatic carbocycles. The molecule has 7 heteroatoms. The number of carbonyl (C=O) groups excluding carboxylic acids is 1. The van der Waals surface area contributed by atoms with E-state index < -0.39 is 17.6 Å². The average molecular weight is 360 g/mol. The molecule has 1 aromatic heterocycles. The zero-order valence-corrected chi connectivity index (χ0v) is 13.6. The number of benzene rings is 2. The molecule has 1 heterocycles. The summed E-state index contributed by atoms with van der Waals surface area (Å²) in [4.78, 5) is 16.1. The van der Waals surface area contributed by atoms with Gasteiger partial charge in [-0.25, -0.2) is 0 Å². The summed E-state index contributed by atoms with van der Waals surface area (Å²) in [6.07, 6.45) is -2.71. The molecule has 0 saturated heterocycles. The fourth-order valence-electron chi connectivity index (χ4n) is 2.39. The highest BCUT2D eigenvalue weighted by molar-refractivity contribution is 5.94. The number of ether oxygens (including phenoxy) is 1. The number of pyridine rings is 1. The van der Waals surface area contributed by atoms with E-state index in [1.165, 1.54) is 0 Å². The van der Waals surface area contributed by atoms with Crippen LogP contribution in [-0.4, -0.2) is 24.0 Å². The van der Waals surface area contributed by atoms with Gasteiger partial charge in [0.1, 0.15) is 12.4 Å². The first kappa shape index (κ1) is 17.7. The van der Waals surface area contributed by atoms with Gasteiger partial charge in [-0.2, -0.15) is 13.2 Å². The molecule has 0 saturated carbocycles. The number of carbonyl (C=O) groups is 1. The highest BCUT2D eigenvalue weighted by atomic mass is 19.4. The van der Waals surface area contributed by atoms with Gasteiger partial charge in [0.25, 0.3) is 5.91 Å². The number of rotatable bonds is 5. The van der Waals surface area contributed by atoms with E-state index in [4.69, 9.17) is 4.74 Å². The Labute approximate surface area is 147 Å². The molecule has 3 aromatic rings. The smallest absolute Gasteiger partial charge is 0.416 e. The molecular formula is C19H15F3N2O2. The second kappa shape index (κ2) is 7.43. The van der Waals surface area contributed by atoms with E-state index in [1.807, 2.05) is 24.3 Å². The third kappa shape index (κ3) is 4.30. The van der Waals surface area contributed by atoms with E-state index in [2.05, 4.69) is 10.3 Å². The lowest BCUT2D eigenvalue weighted by atomic mass is 10.1. The first-order chi connectivity index (χ1) is 12.4. The molecule has 3 rings (SSSR count). The largest absolute Gasteiger partial charge is 0.492 e. The number of fused-ring (bicyclic) bond motifs is 1. The molecule has 0 fully saturated rings. The van der Waals surface area contributed by atoms with E-state index in [9.17, 15) is 18.0 Å². The van der Waals surface area contributed by atoms with Crippen LogP contribution in [0.4, 0.5) is 13.2 Å². The Kier molecular flexibility index (Phi) is 5.06. The quantitative estimate of drug-likeness (QED) is 0.698. The van der Waals surface area contributed by atoms with Crippen LogP contribution in [0.25, 0.3) is 10.9 Å². The van der Waals surface area contributed by atoms with Crippen LogP contribution >= 0.6 is 0 Å². The van der Waals surface area contributed by atoms with E-state index in [0.29, 0.717) is 5.75 Å². The molecule has 0 atom stereocenters. The van der Waals surface area contributed by atoms with Gasteiger partial charge >= 0.3 is 6.18 Å². The summed E-state index contributed by atoms with van der Waals surface area (Å²) in [5.74, 6) is 0.194. The molecule has 0 aliphatic rings. The Balaban J connectivity index is 1.50. The van der Waals surface area contributed by atoms with Crippen LogP contribution in [0, 0.1) is 0 Å². The van der Waals surface area contributed by atoms with E-state index >= 15 is 0 Å². The van der Waals surface area contributed by atoms with E-state index in [-0.39, 0.29) is 18.7 Å². The van der Waals surface area contributed by atoms with Crippen LogP contribution in [0.5, 0.6) is 5.75 Å². The molecule has 26 heavy (non-hydrogen) atoms. The first-order valence-electron chi connectivity index (χ1n) is 7.86. The number of aromatic nitrogens is 1. The van der Waals surface area contributed by atoms with Gasteiger partial charge in [0, 0.05) is 17.1 Å². The number of hydrogen-bond acceptors (Lipinski definition) is 3. The number of nitrogens with zero attached hydrogens (tertiary/aromatic N) is 1. The summed E-state index contributed by atoms with van der Waals surface area (Å²) in [5.41, 5.74) is 0.230. The van der Waals surface area contributed by atoms with Gasteiger partial charge in [0.15, 0.2) is 0 Å². The highest BCUT2D eigenvalue weighted by Gasteiger charge is 2.30. The van der Waals surface area contributed by atoms with E-state index in [1.54, 1.807) is 12.3 Å². The minimum absolute atomic E-state index is 0.162. The maximum Gasteiger partial charge on any atom is 0.416 e. The predicted octanol–water partition coefficient (Wildman–Crippen LogP) is 4.06. The number of hydrogen-bond donors (Lipinski definition) is 1. The summed E-state index contributed by atoms with van der Waals surface area (Å²) in [5, 5.41) is 3.55. The van der Waals surface area contributed by atoms with Crippen molar-refractivity contribution < 1.29 is 22.7 Å². The third-order valence-corrected chi connectivity index (χ3v) is 3.71. The van der Waals surface area contributed by atoms with Gasteiger partial charge in [0.05, 0.1) is 17.6 Å². The summed E-state index contributed by atoms with van der Waals surface area (Å²) < 4.78 is 43.1. The molecular weight excluding hydrogens is 345 g/mol. The van der Waals surface area contributed by atoms with Crippen molar-refractivity contribution in [2.75, 3.05) is 13.2 Å². The van der Waals surface area contributed by atoms with E-state index in [0.717, 1.165) is 35.2 Å². The number of alkyl halides is 3. The molecule has 0 bridgehead atoms. The van der Waals surface area contributed by atoms with Crippen molar-refractivity contribution in [2.24, 2.45) is 0 Å². The minimum Gasteiger partial charge on any atom is -0.492 e. The van der Waals surface area contributed by atoms with Gasteiger partial charge in [-0.15, -0.1) is 0 Å². The highest BCUT2D eigenvalue weighted by Crippen LogP contribution is 2.29. The van der Waals surface area contributed by atoms with Crippen molar-refractivity contribution in [2.45, 2.75) is 6.18 Å². The standard InChI is InChI=1S/C19H15F3N2O2/c20-19(21,22)15-5-3-13(4-6-15)18(25)24-10-11-26-16-7-8-17-14(12-16)2-1-9-23-17/h1-9,12H,10-11H2,(H,24,25). The summed E-state index contributed by atoms with van der Waals surface area (Å²) >= 11 is 0. The van der Waals surface area contributed by atoms with Gasteiger partial charge in [-0.05, 0) is 48.5 Å².